The fourth-order valence-corrected chi connectivity index (χ4v) is 7.87. The molecule has 0 radical (unpaired) electrons. The zero-order chi connectivity index (χ0) is 44.1. The van der Waals surface area contributed by atoms with Crippen molar-refractivity contribution in [2.24, 2.45) is 10.4 Å². The van der Waals surface area contributed by atoms with E-state index in [9.17, 15) is 9.59 Å². The molecule has 9 heteroatoms. The maximum atomic E-state index is 12.4. The number of fused-ring (bicyclic) bond motifs is 2. The summed E-state index contributed by atoms with van der Waals surface area (Å²) in [5.41, 5.74) is 7.62. The van der Waals surface area contributed by atoms with Gasteiger partial charge in [-0.1, -0.05) is 103 Å². The van der Waals surface area contributed by atoms with Crippen LogP contribution >= 0.6 is 0 Å². The Labute approximate surface area is 361 Å². The number of nitrogens with zero attached hydrogens (tertiary/aromatic N) is 4. The predicted molar refractivity (Wildman–Crippen MR) is 251 cm³/mol. The lowest BCUT2D eigenvalue weighted by atomic mass is 9.71. The van der Waals surface area contributed by atoms with Gasteiger partial charge in [0.1, 0.15) is 13.2 Å². The molecule has 0 fully saturated rings. The molecule has 5 rings (SSSR count). The van der Waals surface area contributed by atoms with E-state index in [1.165, 1.54) is 22.0 Å². The Balaban J connectivity index is 0.00000391. The van der Waals surface area contributed by atoms with Crippen molar-refractivity contribution in [1.82, 2.24) is 4.90 Å². The maximum Gasteiger partial charge on any atom is 0.306 e. The predicted octanol–water partition coefficient (Wildman–Crippen LogP) is 10.8. The Morgan fingerprint density at radius 1 is 0.800 bits per heavy atom. The third kappa shape index (κ3) is 12.0. The third-order valence-corrected chi connectivity index (χ3v) is 11.5. The Hall–Kier alpha value is -4.73. The molecular weight excluding hydrogens is 749 g/mol. The highest BCUT2D eigenvalue weighted by Crippen LogP contribution is 2.52. The van der Waals surface area contributed by atoms with Gasteiger partial charge in [0.15, 0.2) is 0 Å². The molecule has 60 heavy (non-hydrogen) atoms. The summed E-state index contributed by atoms with van der Waals surface area (Å²) in [7, 11) is 4.03. The van der Waals surface area contributed by atoms with Crippen LogP contribution < -0.4 is 9.80 Å². The molecule has 0 saturated heterocycles. The first-order valence-corrected chi connectivity index (χ1v) is 21.9. The van der Waals surface area contributed by atoms with Gasteiger partial charge in [-0.15, -0.1) is 0 Å². The number of hydrogen-bond donors (Lipinski definition) is 0. The van der Waals surface area contributed by atoms with Crippen LogP contribution in [0.2, 0.25) is 0 Å². The number of aryl methyl sites for hydroxylation is 1. The van der Waals surface area contributed by atoms with Crippen LogP contribution in [0.3, 0.4) is 0 Å². The Morgan fingerprint density at radius 2 is 1.42 bits per heavy atom. The topological polar surface area (TPSA) is 83.9 Å². The number of hydrogen-bond acceptors (Lipinski definition) is 9. The quantitative estimate of drug-likeness (QED) is 0.0525. The minimum absolute atomic E-state index is 0.0135. The average Bonchev–Trinajstić information content (AvgIpc) is 3.38. The number of carbonyl (C=O) groups is 2. The van der Waals surface area contributed by atoms with Crippen LogP contribution in [-0.2, 0) is 29.2 Å². The van der Waals surface area contributed by atoms with Crippen molar-refractivity contribution in [3.05, 3.63) is 90.0 Å². The monoisotopic (exact) mass is 821 g/mol. The highest BCUT2D eigenvalue weighted by atomic mass is 16.6. The molecule has 4 aromatic rings. The second kappa shape index (κ2) is 21.7. The van der Waals surface area contributed by atoms with Crippen LogP contribution in [0.4, 0.5) is 17.1 Å². The lowest BCUT2D eigenvalue weighted by molar-refractivity contribution is -0.151. The molecule has 1 unspecified atom stereocenters. The number of aliphatic imine (C=N–C) groups is 1. The molecule has 0 aromatic heterocycles. The third-order valence-electron chi connectivity index (χ3n) is 11.5. The van der Waals surface area contributed by atoms with Crippen molar-refractivity contribution < 1.29 is 23.8 Å². The summed E-state index contributed by atoms with van der Waals surface area (Å²) in [4.78, 5) is 36.7. The van der Waals surface area contributed by atoms with Gasteiger partial charge in [0.05, 0.1) is 37.2 Å². The first-order valence-electron chi connectivity index (χ1n) is 21.9. The van der Waals surface area contributed by atoms with Crippen LogP contribution in [0, 0.1) is 12.3 Å². The molecular formula is C51H72N4O5. The lowest BCUT2D eigenvalue weighted by Gasteiger charge is -2.45. The number of anilines is 2. The molecule has 0 spiro atoms. The number of para-hydroxylation sites is 1. The standard InChI is InChI=1S/C49H66N4O5.C2H6/c1-11-52(28-30-57-45(54)25-26-46(55)58-32-31-56-29-16-27-51(9)10)38-23-21-37(22-24-38)41-33-43(36(2)39-17-12-13-18-40(39)41)50-34-49(8)48(6,7)42-19-14-15-20-44(42)53(49)35-47(3,4)5;1-2/h12-15,17-24,33-34H,11,16,25-32,35H2,1-10H3;1-2H3. The number of likely N-dealkylation sites (N-methyl/N-ethyl adjacent to an activating group) is 1. The molecule has 0 bridgehead atoms. The Bertz CT molecular complexity index is 2030. The SMILES string of the molecule is CC.CCN(CCOC(=O)CCC(=O)OCCOCCCN(C)C)c1ccc(-c2cc(N=CC3(C)N(CC(C)(C)C)c4ccccc4C3(C)C)c(C)c3ccccc23)cc1. The van der Waals surface area contributed by atoms with E-state index >= 15 is 0 Å². The van der Waals surface area contributed by atoms with E-state index in [2.05, 4.69) is 155 Å². The molecule has 1 heterocycles. The normalized spacial score (nSPS) is 15.8. The molecule has 9 nitrogen and oxygen atoms in total. The summed E-state index contributed by atoms with van der Waals surface area (Å²) < 4.78 is 16.2. The smallest absolute Gasteiger partial charge is 0.306 e. The number of rotatable bonds is 19. The molecule has 1 atom stereocenters. The summed E-state index contributed by atoms with van der Waals surface area (Å²) in [6.45, 7) is 26.7. The van der Waals surface area contributed by atoms with Crippen LogP contribution in [0.15, 0.2) is 83.9 Å². The molecule has 0 amide bonds. The molecule has 1 aliphatic rings. The van der Waals surface area contributed by atoms with E-state index in [-0.39, 0.29) is 42.4 Å². The fraction of sp³-hybridized carbons (Fsp3) is 0.510. The van der Waals surface area contributed by atoms with E-state index < -0.39 is 11.9 Å². The summed E-state index contributed by atoms with van der Waals surface area (Å²) in [6.07, 6.45) is 3.09. The number of esters is 2. The second-order valence-electron chi connectivity index (χ2n) is 17.6. The van der Waals surface area contributed by atoms with Crippen molar-refractivity contribution >= 4 is 46.0 Å². The first kappa shape index (κ1) is 47.9. The summed E-state index contributed by atoms with van der Waals surface area (Å²) in [5, 5.41) is 2.38. The van der Waals surface area contributed by atoms with Gasteiger partial charge in [-0.3, -0.25) is 14.6 Å². The van der Waals surface area contributed by atoms with Gasteiger partial charge in [0.25, 0.3) is 0 Å². The van der Waals surface area contributed by atoms with Gasteiger partial charge in [0.2, 0.25) is 0 Å². The van der Waals surface area contributed by atoms with Crippen molar-refractivity contribution in [3.63, 3.8) is 0 Å². The maximum absolute atomic E-state index is 12.4. The molecule has 326 valence electrons. The van der Waals surface area contributed by atoms with Crippen molar-refractivity contribution in [2.75, 3.05) is 76.5 Å². The van der Waals surface area contributed by atoms with Crippen molar-refractivity contribution in [2.45, 2.75) is 99.5 Å². The molecule has 0 saturated carbocycles. The zero-order valence-electron chi connectivity index (χ0n) is 38.7. The van der Waals surface area contributed by atoms with Gasteiger partial charge >= 0.3 is 11.9 Å². The minimum atomic E-state index is -0.426. The van der Waals surface area contributed by atoms with Gasteiger partial charge in [-0.05, 0) is 111 Å². The largest absolute Gasteiger partial charge is 0.464 e. The van der Waals surface area contributed by atoms with Crippen molar-refractivity contribution in [3.8, 4) is 11.1 Å². The van der Waals surface area contributed by atoms with Crippen LogP contribution in [-0.4, -0.2) is 95.3 Å². The van der Waals surface area contributed by atoms with Crippen molar-refractivity contribution in [1.29, 1.82) is 0 Å². The van der Waals surface area contributed by atoms with Crippen LogP contribution in [0.25, 0.3) is 21.9 Å². The van der Waals surface area contributed by atoms with Crippen LogP contribution in [0.1, 0.15) is 92.7 Å². The average molecular weight is 821 g/mol. The van der Waals surface area contributed by atoms with Gasteiger partial charge in [-0.2, -0.15) is 0 Å². The number of benzene rings is 4. The number of carbonyl (C=O) groups excluding carboxylic acids is 2. The first-order chi connectivity index (χ1) is 28.6. The van der Waals surface area contributed by atoms with E-state index in [1.807, 2.05) is 27.9 Å². The second-order valence-corrected chi connectivity index (χ2v) is 17.6. The highest BCUT2D eigenvalue weighted by Gasteiger charge is 2.53. The number of ether oxygens (including phenoxy) is 3. The van der Waals surface area contributed by atoms with Gasteiger partial charge in [0, 0.05) is 42.7 Å². The fourth-order valence-electron chi connectivity index (χ4n) is 7.87. The summed E-state index contributed by atoms with van der Waals surface area (Å²) in [6, 6.07) is 28.2. The van der Waals surface area contributed by atoms with Crippen LogP contribution in [0.5, 0.6) is 0 Å². The minimum Gasteiger partial charge on any atom is -0.464 e. The summed E-state index contributed by atoms with van der Waals surface area (Å²) in [5.74, 6) is -0.838. The molecule has 0 aliphatic carbocycles. The summed E-state index contributed by atoms with van der Waals surface area (Å²) >= 11 is 0. The molecule has 1 aliphatic heterocycles. The van der Waals surface area contributed by atoms with Gasteiger partial charge < -0.3 is 28.9 Å². The zero-order valence-corrected chi connectivity index (χ0v) is 38.7. The Morgan fingerprint density at radius 3 is 2.05 bits per heavy atom. The van der Waals surface area contributed by atoms with E-state index in [0.29, 0.717) is 19.8 Å². The molecule has 0 N–H and O–H groups in total. The van der Waals surface area contributed by atoms with E-state index in [4.69, 9.17) is 19.2 Å². The Kier molecular flexibility index (Phi) is 17.3. The molecule has 4 aromatic carbocycles. The van der Waals surface area contributed by atoms with E-state index in [1.54, 1.807) is 0 Å². The van der Waals surface area contributed by atoms with Gasteiger partial charge in [-0.25, -0.2) is 0 Å². The van der Waals surface area contributed by atoms with E-state index in [0.717, 1.165) is 54.1 Å². The highest BCUT2D eigenvalue weighted by molar-refractivity contribution is 6.02. The lowest BCUT2D eigenvalue weighted by Crippen LogP contribution is -2.56.